The molecule has 0 aliphatic rings. The Kier molecular flexibility index (Phi) is 3.93. The standard InChI is InChI=1S/C18H14BrFO/c1-21-15-9-8-12-10-14(7-6-13(12)11-15)18(19)16-4-2-3-5-17(16)20/h2-11,18H,1H3. The molecule has 0 saturated heterocycles. The lowest BCUT2D eigenvalue weighted by molar-refractivity contribution is 0.415. The summed E-state index contributed by atoms with van der Waals surface area (Å²) in [6, 6.07) is 18.9. The summed E-state index contributed by atoms with van der Waals surface area (Å²) < 4.78 is 19.1. The molecule has 3 aromatic carbocycles. The smallest absolute Gasteiger partial charge is 0.127 e. The molecule has 21 heavy (non-hydrogen) atoms. The van der Waals surface area contributed by atoms with E-state index in [0.29, 0.717) is 5.56 Å². The third-order valence-electron chi connectivity index (χ3n) is 3.54. The van der Waals surface area contributed by atoms with Crippen LogP contribution >= 0.6 is 15.9 Å². The van der Waals surface area contributed by atoms with Gasteiger partial charge in [-0.25, -0.2) is 4.39 Å². The molecule has 0 aliphatic heterocycles. The Bertz CT molecular complexity index is 785. The van der Waals surface area contributed by atoms with Crippen LogP contribution in [0.15, 0.2) is 60.7 Å². The number of halogens is 2. The van der Waals surface area contributed by atoms with Crippen molar-refractivity contribution < 1.29 is 9.13 Å². The van der Waals surface area contributed by atoms with Gasteiger partial charge in [0, 0.05) is 5.56 Å². The molecule has 1 unspecified atom stereocenters. The first-order valence-corrected chi connectivity index (χ1v) is 7.57. The van der Waals surface area contributed by atoms with Gasteiger partial charge in [0.2, 0.25) is 0 Å². The highest BCUT2D eigenvalue weighted by Gasteiger charge is 2.14. The van der Waals surface area contributed by atoms with Crippen LogP contribution in [0, 0.1) is 5.82 Å². The number of alkyl halides is 1. The molecule has 0 aliphatic carbocycles. The summed E-state index contributed by atoms with van der Waals surface area (Å²) in [7, 11) is 1.65. The van der Waals surface area contributed by atoms with Crippen molar-refractivity contribution in [3.63, 3.8) is 0 Å². The first-order chi connectivity index (χ1) is 10.2. The number of benzene rings is 3. The molecule has 0 N–H and O–H groups in total. The van der Waals surface area contributed by atoms with Gasteiger partial charge in [0.25, 0.3) is 0 Å². The minimum Gasteiger partial charge on any atom is -0.497 e. The van der Waals surface area contributed by atoms with Gasteiger partial charge in [-0.05, 0) is 40.6 Å². The van der Waals surface area contributed by atoms with Crippen molar-refractivity contribution >= 4 is 26.7 Å². The van der Waals surface area contributed by atoms with Crippen LogP contribution in [-0.2, 0) is 0 Å². The largest absolute Gasteiger partial charge is 0.497 e. The summed E-state index contributed by atoms with van der Waals surface area (Å²) in [5.41, 5.74) is 1.67. The first kappa shape index (κ1) is 14.1. The maximum absolute atomic E-state index is 13.9. The molecule has 1 atom stereocenters. The first-order valence-electron chi connectivity index (χ1n) is 6.65. The second-order valence-corrected chi connectivity index (χ2v) is 5.77. The van der Waals surface area contributed by atoms with Crippen molar-refractivity contribution in [3.05, 3.63) is 77.6 Å². The van der Waals surface area contributed by atoms with Gasteiger partial charge in [0.1, 0.15) is 11.6 Å². The third-order valence-corrected chi connectivity index (χ3v) is 4.56. The van der Waals surface area contributed by atoms with Gasteiger partial charge in [-0.15, -0.1) is 0 Å². The molecular weight excluding hydrogens is 331 g/mol. The van der Waals surface area contributed by atoms with Gasteiger partial charge in [-0.1, -0.05) is 52.3 Å². The Morgan fingerprint density at radius 3 is 2.43 bits per heavy atom. The zero-order valence-corrected chi connectivity index (χ0v) is 13.1. The summed E-state index contributed by atoms with van der Waals surface area (Å²) in [6.45, 7) is 0. The molecule has 0 fully saturated rings. The third kappa shape index (κ3) is 2.79. The van der Waals surface area contributed by atoms with Crippen molar-refractivity contribution in [3.8, 4) is 5.75 Å². The van der Waals surface area contributed by atoms with Gasteiger partial charge >= 0.3 is 0 Å². The van der Waals surface area contributed by atoms with E-state index in [1.165, 1.54) is 6.07 Å². The van der Waals surface area contributed by atoms with E-state index in [1.54, 1.807) is 19.2 Å². The Labute approximate surface area is 131 Å². The lowest BCUT2D eigenvalue weighted by Crippen LogP contribution is -1.96. The second kappa shape index (κ2) is 5.86. The van der Waals surface area contributed by atoms with Crippen LogP contribution in [0.1, 0.15) is 16.0 Å². The molecule has 0 bridgehead atoms. The minimum atomic E-state index is -0.200. The van der Waals surface area contributed by atoms with Gasteiger partial charge in [-0.3, -0.25) is 0 Å². The Morgan fingerprint density at radius 2 is 1.67 bits per heavy atom. The van der Waals surface area contributed by atoms with Crippen LogP contribution in [0.3, 0.4) is 0 Å². The number of hydrogen-bond donors (Lipinski definition) is 0. The van der Waals surface area contributed by atoms with Crippen LogP contribution in [0.4, 0.5) is 4.39 Å². The summed E-state index contributed by atoms with van der Waals surface area (Å²) in [4.78, 5) is -0.162. The van der Waals surface area contributed by atoms with Crippen LogP contribution in [0.25, 0.3) is 10.8 Å². The number of fused-ring (bicyclic) bond motifs is 1. The zero-order chi connectivity index (χ0) is 14.8. The molecule has 3 aromatic rings. The Balaban J connectivity index is 2.03. The van der Waals surface area contributed by atoms with Gasteiger partial charge in [0.05, 0.1) is 11.9 Å². The lowest BCUT2D eigenvalue weighted by atomic mass is 10.0. The molecular formula is C18H14BrFO. The molecule has 3 heteroatoms. The molecule has 0 aromatic heterocycles. The van der Waals surface area contributed by atoms with Gasteiger partial charge in [-0.2, -0.15) is 0 Å². The topological polar surface area (TPSA) is 9.23 Å². The summed E-state index contributed by atoms with van der Waals surface area (Å²) in [6.07, 6.45) is 0. The SMILES string of the molecule is COc1ccc2cc(C(Br)c3ccccc3F)ccc2c1. The number of ether oxygens (including phenoxy) is 1. The van der Waals surface area contributed by atoms with Crippen molar-refractivity contribution in [1.82, 2.24) is 0 Å². The van der Waals surface area contributed by atoms with Crippen molar-refractivity contribution in [2.24, 2.45) is 0 Å². The predicted octanol–water partition coefficient (Wildman–Crippen LogP) is 5.47. The predicted molar refractivity (Wildman–Crippen MR) is 87.7 cm³/mol. The monoisotopic (exact) mass is 344 g/mol. The molecule has 106 valence electrons. The van der Waals surface area contributed by atoms with Crippen LogP contribution in [0.2, 0.25) is 0 Å². The highest BCUT2D eigenvalue weighted by Crippen LogP contribution is 2.34. The summed E-state index contributed by atoms with van der Waals surface area (Å²) in [5, 5.41) is 2.21. The zero-order valence-electron chi connectivity index (χ0n) is 11.5. The minimum absolute atomic E-state index is 0.162. The maximum Gasteiger partial charge on any atom is 0.127 e. The summed E-state index contributed by atoms with van der Waals surface area (Å²) >= 11 is 3.59. The van der Waals surface area contributed by atoms with Gasteiger partial charge < -0.3 is 4.74 Å². The van der Waals surface area contributed by atoms with Crippen LogP contribution < -0.4 is 4.74 Å². The highest BCUT2D eigenvalue weighted by molar-refractivity contribution is 9.09. The van der Waals surface area contributed by atoms with Crippen molar-refractivity contribution in [2.75, 3.05) is 7.11 Å². The average molecular weight is 345 g/mol. The van der Waals surface area contributed by atoms with Crippen molar-refractivity contribution in [2.45, 2.75) is 4.83 Å². The Morgan fingerprint density at radius 1 is 0.952 bits per heavy atom. The lowest BCUT2D eigenvalue weighted by Gasteiger charge is -2.13. The highest BCUT2D eigenvalue weighted by atomic mass is 79.9. The molecule has 0 amide bonds. The quantitative estimate of drug-likeness (QED) is 0.572. The molecule has 0 saturated carbocycles. The number of methoxy groups -OCH3 is 1. The normalized spacial score (nSPS) is 12.3. The molecule has 1 nitrogen and oxygen atoms in total. The van der Waals surface area contributed by atoms with E-state index in [0.717, 1.165) is 22.1 Å². The van der Waals surface area contributed by atoms with E-state index in [4.69, 9.17) is 4.74 Å². The molecule has 3 rings (SSSR count). The number of rotatable bonds is 3. The van der Waals surface area contributed by atoms with E-state index < -0.39 is 0 Å². The average Bonchev–Trinajstić information content (AvgIpc) is 2.53. The molecule has 0 spiro atoms. The van der Waals surface area contributed by atoms with E-state index in [-0.39, 0.29) is 10.6 Å². The van der Waals surface area contributed by atoms with Gasteiger partial charge in [0.15, 0.2) is 0 Å². The van der Waals surface area contributed by atoms with Crippen LogP contribution in [-0.4, -0.2) is 7.11 Å². The fourth-order valence-corrected chi connectivity index (χ4v) is 3.04. The summed E-state index contributed by atoms with van der Waals surface area (Å²) in [5.74, 6) is 0.633. The fraction of sp³-hybridized carbons (Fsp3) is 0.111. The van der Waals surface area contributed by atoms with Crippen LogP contribution in [0.5, 0.6) is 5.75 Å². The van der Waals surface area contributed by atoms with E-state index >= 15 is 0 Å². The van der Waals surface area contributed by atoms with Crippen molar-refractivity contribution in [1.29, 1.82) is 0 Å². The molecule has 0 radical (unpaired) electrons. The van der Waals surface area contributed by atoms with E-state index in [1.807, 2.05) is 36.4 Å². The Hall–Kier alpha value is -1.87. The maximum atomic E-state index is 13.9. The second-order valence-electron chi connectivity index (χ2n) is 4.86. The van der Waals surface area contributed by atoms with E-state index in [2.05, 4.69) is 22.0 Å². The fourth-order valence-electron chi connectivity index (χ4n) is 2.39. The molecule has 0 heterocycles. The van der Waals surface area contributed by atoms with E-state index in [9.17, 15) is 4.39 Å². The number of hydrogen-bond acceptors (Lipinski definition) is 1.